The third-order valence-corrected chi connectivity index (χ3v) is 9.45. The summed E-state index contributed by atoms with van der Waals surface area (Å²) < 4.78 is 0.262. The van der Waals surface area contributed by atoms with E-state index in [-0.39, 0.29) is 15.6 Å². The molecule has 0 radical (unpaired) electrons. The van der Waals surface area contributed by atoms with E-state index >= 15 is 0 Å². The van der Waals surface area contributed by atoms with E-state index in [9.17, 15) is 9.59 Å². The molecule has 1 aromatic rings. The molecule has 2 unspecified atom stereocenters. The summed E-state index contributed by atoms with van der Waals surface area (Å²) in [6, 6.07) is 0. The molecule has 4 atom stereocenters. The zero-order chi connectivity index (χ0) is 18.8. The molecule has 0 aliphatic heterocycles. The molecule has 1 heterocycles. The number of rotatable bonds is 4. The van der Waals surface area contributed by atoms with Gasteiger partial charge in [0.15, 0.2) is 0 Å². The van der Waals surface area contributed by atoms with Gasteiger partial charge in [-0.15, -0.1) is 11.3 Å². The Morgan fingerprint density at radius 3 is 2.52 bits per heavy atom. The smallest absolute Gasteiger partial charge is 0.251 e. The van der Waals surface area contributed by atoms with Crippen molar-refractivity contribution in [2.45, 2.75) is 75.0 Å². The van der Waals surface area contributed by atoms with Crippen LogP contribution in [-0.4, -0.2) is 16.1 Å². The van der Waals surface area contributed by atoms with Crippen LogP contribution in [0.2, 0.25) is 0 Å². The minimum Gasteiger partial charge on any atom is -0.365 e. The molecule has 0 aromatic carbocycles. The summed E-state index contributed by atoms with van der Waals surface area (Å²) in [6.45, 7) is 0. The first-order valence-electron chi connectivity index (χ1n) is 10.3. The van der Waals surface area contributed by atoms with Crippen LogP contribution >= 0.6 is 27.3 Å². The van der Waals surface area contributed by atoms with Gasteiger partial charge in [0.05, 0.1) is 5.56 Å². The quantitative estimate of drug-likeness (QED) is 0.647. The second kappa shape index (κ2) is 6.31. The molecule has 3 N–H and O–H groups in total. The topological polar surface area (TPSA) is 72.2 Å². The van der Waals surface area contributed by atoms with Gasteiger partial charge in [-0.3, -0.25) is 9.59 Å². The second-order valence-corrected chi connectivity index (χ2v) is 12.4. The number of nitrogens with one attached hydrogen (secondary N) is 1. The number of hydrogen-bond acceptors (Lipinski definition) is 3. The van der Waals surface area contributed by atoms with Gasteiger partial charge in [-0.25, -0.2) is 0 Å². The van der Waals surface area contributed by atoms with Crippen LogP contribution in [0.3, 0.4) is 0 Å². The number of anilines is 1. The Bertz CT molecular complexity index is 803. The van der Waals surface area contributed by atoms with Gasteiger partial charge in [0.1, 0.15) is 5.00 Å². The van der Waals surface area contributed by atoms with Gasteiger partial charge in [0.2, 0.25) is 5.91 Å². The maximum Gasteiger partial charge on any atom is 0.251 e. The van der Waals surface area contributed by atoms with Gasteiger partial charge in [0.25, 0.3) is 5.91 Å². The Morgan fingerprint density at radius 1 is 1.15 bits per heavy atom. The van der Waals surface area contributed by atoms with Crippen LogP contribution in [0.4, 0.5) is 5.00 Å². The number of fused-ring (bicyclic) bond motifs is 1. The molecule has 2 amide bonds. The zero-order valence-electron chi connectivity index (χ0n) is 15.6. The Kier molecular flexibility index (Phi) is 4.25. The van der Waals surface area contributed by atoms with Crippen molar-refractivity contribution in [2.75, 3.05) is 5.32 Å². The number of amides is 2. The number of alkyl halides is 1. The Labute approximate surface area is 172 Å². The summed E-state index contributed by atoms with van der Waals surface area (Å²) in [4.78, 5) is 26.3. The van der Waals surface area contributed by atoms with E-state index in [1.807, 2.05) is 0 Å². The van der Waals surface area contributed by atoms with Crippen molar-refractivity contribution in [3.8, 4) is 0 Å². The molecule has 1 aromatic heterocycles. The second-order valence-electron chi connectivity index (χ2n) is 9.62. The van der Waals surface area contributed by atoms with Crippen LogP contribution in [0.15, 0.2) is 0 Å². The standard InChI is InChI=1S/C21H27BrN2O2S/c22-21-8-12-5-13(9-21)7-20(6-12,11-21)10-16(25)24-19-17(18(23)26)14-3-1-2-4-15(14)27-19/h12-13H,1-11H2,(H2,23,26)(H,24,25)/t12-,13+,20?,21?. The highest BCUT2D eigenvalue weighted by molar-refractivity contribution is 9.10. The van der Waals surface area contributed by atoms with E-state index in [1.54, 1.807) is 11.3 Å². The number of halogens is 1. The molecule has 146 valence electrons. The number of carbonyl (C=O) groups excluding carboxylic acids is 2. The highest BCUT2D eigenvalue weighted by Gasteiger charge is 2.57. The molecule has 0 saturated heterocycles. The minimum atomic E-state index is -0.404. The van der Waals surface area contributed by atoms with Crippen molar-refractivity contribution in [1.82, 2.24) is 0 Å². The number of primary amides is 1. The van der Waals surface area contributed by atoms with Gasteiger partial charge in [-0.05, 0) is 87.0 Å². The molecule has 4 bridgehead atoms. The van der Waals surface area contributed by atoms with Gasteiger partial charge >= 0.3 is 0 Å². The Balaban J connectivity index is 1.36. The van der Waals surface area contributed by atoms with Crippen molar-refractivity contribution in [3.63, 3.8) is 0 Å². The molecule has 0 spiro atoms. The third-order valence-electron chi connectivity index (χ3n) is 7.32. The monoisotopic (exact) mass is 450 g/mol. The summed E-state index contributed by atoms with van der Waals surface area (Å²) >= 11 is 5.60. The average molecular weight is 451 g/mol. The zero-order valence-corrected chi connectivity index (χ0v) is 18.0. The summed E-state index contributed by atoms with van der Waals surface area (Å²) in [6.07, 6.45) is 12.1. The minimum absolute atomic E-state index is 0.0640. The SMILES string of the molecule is NC(=O)c1c(NC(=O)CC23C[C@@H]4C[C@@H](CC(Br)(C4)C2)C3)sc2c1CCCC2. The van der Waals surface area contributed by atoms with Gasteiger partial charge in [-0.2, -0.15) is 0 Å². The Hall–Kier alpha value is -0.880. The van der Waals surface area contributed by atoms with Crippen molar-refractivity contribution in [1.29, 1.82) is 0 Å². The van der Waals surface area contributed by atoms with Crippen LogP contribution in [0.25, 0.3) is 0 Å². The number of carbonyl (C=O) groups is 2. The lowest BCUT2D eigenvalue weighted by Gasteiger charge is -2.60. The number of aryl methyl sites for hydroxylation is 1. The van der Waals surface area contributed by atoms with Crippen LogP contribution < -0.4 is 11.1 Å². The van der Waals surface area contributed by atoms with Crippen molar-refractivity contribution < 1.29 is 9.59 Å². The molecule has 4 saturated carbocycles. The van der Waals surface area contributed by atoms with Crippen LogP contribution in [0.5, 0.6) is 0 Å². The molecular weight excluding hydrogens is 424 g/mol. The molecule has 5 aliphatic rings. The van der Waals surface area contributed by atoms with E-state index in [1.165, 1.54) is 37.0 Å². The number of thiophene rings is 1. The van der Waals surface area contributed by atoms with Crippen LogP contribution in [0.1, 0.15) is 78.6 Å². The van der Waals surface area contributed by atoms with Crippen LogP contribution in [-0.2, 0) is 17.6 Å². The lowest BCUT2D eigenvalue weighted by molar-refractivity contribution is -0.123. The largest absolute Gasteiger partial charge is 0.365 e. The molecule has 27 heavy (non-hydrogen) atoms. The first-order valence-corrected chi connectivity index (χ1v) is 11.9. The first kappa shape index (κ1) is 18.2. The summed E-state index contributed by atoms with van der Waals surface area (Å²) in [5.41, 5.74) is 7.48. The maximum absolute atomic E-state index is 13.0. The molecule has 6 rings (SSSR count). The lowest BCUT2D eigenvalue weighted by atomic mass is 9.48. The summed E-state index contributed by atoms with van der Waals surface area (Å²) in [5, 5.41) is 3.79. The van der Waals surface area contributed by atoms with Gasteiger partial charge < -0.3 is 11.1 Å². The van der Waals surface area contributed by atoms with E-state index in [0.717, 1.165) is 49.5 Å². The molecule has 4 nitrogen and oxygen atoms in total. The summed E-state index contributed by atoms with van der Waals surface area (Å²) in [5.74, 6) is 1.20. The van der Waals surface area contributed by atoms with E-state index in [0.29, 0.717) is 17.0 Å². The maximum atomic E-state index is 13.0. The van der Waals surface area contributed by atoms with Crippen molar-refractivity contribution in [2.24, 2.45) is 23.0 Å². The molecular formula is C21H27BrN2O2S. The molecule has 4 fully saturated rings. The normalized spacial score (nSPS) is 36.5. The molecule has 6 heteroatoms. The van der Waals surface area contributed by atoms with Crippen molar-refractivity contribution >= 4 is 44.1 Å². The Morgan fingerprint density at radius 2 is 1.85 bits per heavy atom. The first-order chi connectivity index (χ1) is 12.8. The average Bonchev–Trinajstić information content (AvgIpc) is 2.89. The van der Waals surface area contributed by atoms with E-state index in [4.69, 9.17) is 5.73 Å². The van der Waals surface area contributed by atoms with Crippen molar-refractivity contribution in [3.05, 3.63) is 16.0 Å². The number of nitrogens with two attached hydrogens (primary N) is 1. The fraction of sp³-hybridized carbons (Fsp3) is 0.714. The van der Waals surface area contributed by atoms with Gasteiger partial charge in [0, 0.05) is 15.6 Å². The third kappa shape index (κ3) is 3.17. The van der Waals surface area contributed by atoms with Gasteiger partial charge in [-0.1, -0.05) is 15.9 Å². The predicted octanol–water partition coefficient (Wildman–Crippen LogP) is 4.79. The predicted molar refractivity (Wildman–Crippen MR) is 111 cm³/mol. The van der Waals surface area contributed by atoms with E-state index < -0.39 is 5.91 Å². The van der Waals surface area contributed by atoms with E-state index in [2.05, 4.69) is 21.2 Å². The fourth-order valence-corrected chi connectivity index (χ4v) is 9.79. The highest BCUT2D eigenvalue weighted by atomic mass is 79.9. The highest BCUT2D eigenvalue weighted by Crippen LogP contribution is 2.65. The summed E-state index contributed by atoms with van der Waals surface area (Å²) in [7, 11) is 0. The molecule has 5 aliphatic carbocycles. The van der Waals surface area contributed by atoms with Crippen LogP contribution in [0, 0.1) is 17.3 Å². The fourth-order valence-electron chi connectivity index (χ4n) is 6.97. The lowest BCUT2D eigenvalue weighted by Crippen LogP contribution is -2.53. The number of hydrogen-bond donors (Lipinski definition) is 2.